The highest BCUT2D eigenvalue weighted by atomic mass is 19.1. The van der Waals surface area contributed by atoms with Crippen molar-refractivity contribution in [3.8, 4) is 0 Å². The van der Waals surface area contributed by atoms with Crippen LogP contribution in [0.1, 0.15) is 32.6 Å². The van der Waals surface area contributed by atoms with Gasteiger partial charge in [-0.05, 0) is 61.1 Å². The van der Waals surface area contributed by atoms with Crippen molar-refractivity contribution in [3.63, 3.8) is 0 Å². The van der Waals surface area contributed by atoms with Crippen LogP contribution in [-0.2, 0) is 12.8 Å². The van der Waals surface area contributed by atoms with Crippen LogP contribution in [0.25, 0.3) is 0 Å². The average Bonchev–Trinajstić information content (AvgIpc) is 2.87. The molecule has 0 aromatic heterocycles. The minimum absolute atomic E-state index is 0.00309. The third kappa shape index (κ3) is 2.15. The van der Waals surface area contributed by atoms with Crippen molar-refractivity contribution in [1.29, 1.82) is 0 Å². The van der Waals surface area contributed by atoms with Gasteiger partial charge in [-0.1, -0.05) is 24.3 Å². The number of benzene rings is 2. The zero-order valence-corrected chi connectivity index (χ0v) is 11.7. The van der Waals surface area contributed by atoms with Crippen LogP contribution in [0.5, 0.6) is 0 Å². The van der Waals surface area contributed by atoms with Crippen molar-refractivity contribution >= 4 is 5.78 Å². The lowest BCUT2D eigenvalue weighted by molar-refractivity contribution is 0.0924. The summed E-state index contributed by atoms with van der Waals surface area (Å²) >= 11 is 0. The monoisotopic (exact) mass is 268 g/mol. The van der Waals surface area contributed by atoms with Gasteiger partial charge in [-0.3, -0.25) is 4.79 Å². The van der Waals surface area contributed by atoms with Crippen molar-refractivity contribution < 1.29 is 9.18 Å². The van der Waals surface area contributed by atoms with Crippen LogP contribution >= 0.6 is 0 Å². The Bertz CT molecular complexity index is 640. The van der Waals surface area contributed by atoms with E-state index in [2.05, 4.69) is 12.1 Å². The summed E-state index contributed by atoms with van der Waals surface area (Å²) in [5.41, 5.74) is 4.26. The predicted octanol–water partition coefficient (Wildman–Crippen LogP) is 4.04. The second-order valence-electron chi connectivity index (χ2n) is 5.66. The lowest BCUT2D eigenvalue weighted by atomic mass is 9.93. The molecule has 0 radical (unpaired) electrons. The van der Waals surface area contributed by atoms with Gasteiger partial charge in [-0.15, -0.1) is 0 Å². The molecule has 2 aromatic rings. The molecule has 0 aliphatic heterocycles. The van der Waals surface area contributed by atoms with Gasteiger partial charge in [-0.2, -0.15) is 0 Å². The van der Waals surface area contributed by atoms with E-state index >= 15 is 0 Å². The second kappa shape index (κ2) is 4.86. The number of Topliss-reactive ketones (excluding diaryl/α,β-unsaturated/α-hetero) is 1. The summed E-state index contributed by atoms with van der Waals surface area (Å²) < 4.78 is 13.7. The minimum atomic E-state index is -0.212. The van der Waals surface area contributed by atoms with Crippen molar-refractivity contribution in [2.75, 3.05) is 0 Å². The first-order chi connectivity index (χ1) is 9.56. The molecule has 1 aliphatic carbocycles. The molecule has 1 nitrogen and oxygen atoms in total. The van der Waals surface area contributed by atoms with Crippen LogP contribution in [0, 0.1) is 25.6 Å². The average molecular weight is 268 g/mol. The van der Waals surface area contributed by atoms with Crippen LogP contribution in [0.4, 0.5) is 4.39 Å². The molecule has 0 saturated carbocycles. The molecule has 0 saturated heterocycles. The summed E-state index contributed by atoms with van der Waals surface area (Å²) in [5, 5.41) is 0. The van der Waals surface area contributed by atoms with Crippen molar-refractivity contribution in [1.82, 2.24) is 0 Å². The fourth-order valence-electron chi connectivity index (χ4n) is 3.07. The zero-order valence-electron chi connectivity index (χ0n) is 11.7. The third-order valence-electron chi connectivity index (χ3n) is 4.14. The SMILES string of the molecule is Cc1cc(C(=O)C2Cc3ccccc3C2)cc(C)c1F. The molecule has 0 N–H and O–H groups in total. The first kappa shape index (κ1) is 13.0. The fourth-order valence-corrected chi connectivity index (χ4v) is 3.07. The Balaban J connectivity index is 1.88. The Morgan fingerprint density at radius 1 is 1.05 bits per heavy atom. The molecule has 2 heteroatoms. The topological polar surface area (TPSA) is 17.1 Å². The number of rotatable bonds is 2. The maximum atomic E-state index is 13.7. The Morgan fingerprint density at radius 2 is 1.55 bits per heavy atom. The van der Waals surface area contributed by atoms with Crippen molar-refractivity contribution in [2.45, 2.75) is 26.7 Å². The number of fused-ring (bicyclic) bond motifs is 1. The molecule has 0 amide bonds. The molecule has 0 heterocycles. The molecule has 2 aromatic carbocycles. The van der Waals surface area contributed by atoms with Gasteiger partial charge in [0.2, 0.25) is 0 Å². The molecule has 0 bridgehead atoms. The second-order valence-corrected chi connectivity index (χ2v) is 5.66. The van der Waals surface area contributed by atoms with Gasteiger partial charge in [-0.25, -0.2) is 4.39 Å². The van der Waals surface area contributed by atoms with E-state index in [0.717, 1.165) is 12.8 Å². The van der Waals surface area contributed by atoms with E-state index < -0.39 is 0 Å². The molecule has 0 fully saturated rings. The summed E-state index contributed by atoms with van der Waals surface area (Å²) in [7, 11) is 0. The van der Waals surface area contributed by atoms with Crippen molar-refractivity contribution in [3.05, 3.63) is 70.0 Å². The van der Waals surface area contributed by atoms with Gasteiger partial charge < -0.3 is 0 Å². The molecule has 0 atom stereocenters. The Morgan fingerprint density at radius 3 is 2.05 bits per heavy atom. The smallest absolute Gasteiger partial charge is 0.166 e. The van der Waals surface area contributed by atoms with E-state index in [-0.39, 0.29) is 17.5 Å². The van der Waals surface area contributed by atoms with Crippen molar-refractivity contribution in [2.24, 2.45) is 5.92 Å². The molecule has 20 heavy (non-hydrogen) atoms. The van der Waals surface area contributed by atoms with E-state index in [1.54, 1.807) is 26.0 Å². The summed E-state index contributed by atoms with van der Waals surface area (Å²) in [5.74, 6) is -0.0830. The highest BCUT2D eigenvalue weighted by Crippen LogP contribution is 2.29. The normalized spacial score (nSPS) is 14.3. The standard InChI is InChI=1S/C18H17FO/c1-11-7-15(8-12(2)17(11)19)18(20)16-9-13-5-3-4-6-14(13)10-16/h3-8,16H,9-10H2,1-2H3. The maximum Gasteiger partial charge on any atom is 0.166 e. The summed E-state index contributed by atoms with van der Waals surface area (Å²) in [4.78, 5) is 12.6. The number of hydrogen-bond acceptors (Lipinski definition) is 1. The molecule has 3 rings (SSSR count). The first-order valence-corrected chi connectivity index (χ1v) is 6.94. The van der Waals surface area contributed by atoms with Gasteiger partial charge in [0, 0.05) is 11.5 Å². The van der Waals surface area contributed by atoms with E-state index in [1.165, 1.54) is 11.1 Å². The first-order valence-electron chi connectivity index (χ1n) is 6.94. The molecule has 102 valence electrons. The quantitative estimate of drug-likeness (QED) is 0.751. The lowest BCUT2D eigenvalue weighted by Gasteiger charge is -2.10. The van der Waals surface area contributed by atoms with E-state index in [4.69, 9.17) is 0 Å². The highest BCUT2D eigenvalue weighted by Gasteiger charge is 2.28. The summed E-state index contributed by atoms with van der Waals surface area (Å²) in [6.07, 6.45) is 1.59. The Kier molecular flexibility index (Phi) is 3.17. The van der Waals surface area contributed by atoms with Gasteiger partial charge >= 0.3 is 0 Å². The number of carbonyl (C=O) groups excluding carboxylic acids is 1. The third-order valence-corrected chi connectivity index (χ3v) is 4.14. The van der Waals surface area contributed by atoms with Gasteiger partial charge in [0.1, 0.15) is 5.82 Å². The molecule has 0 unspecified atom stereocenters. The van der Waals surface area contributed by atoms with E-state index in [9.17, 15) is 9.18 Å². The fraction of sp³-hybridized carbons (Fsp3) is 0.278. The molecule has 0 spiro atoms. The summed E-state index contributed by atoms with van der Waals surface area (Å²) in [6, 6.07) is 11.5. The zero-order chi connectivity index (χ0) is 14.3. The number of aryl methyl sites for hydroxylation is 2. The summed E-state index contributed by atoms with van der Waals surface area (Å²) in [6.45, 7) is 3.42. The van der Waals surface area contributed by atoms with Gasteiger partial charge in [0.15, 0.2) is 5.78 Å². The molecular weight excluding hydrogens is 251 g/mol. The van der Waals surface area contributed by atoms with Crippen LogP contribution < -0.4 is 0 Å². The number of ketones is 1. The largest absolute Gasteiger partial charge is 0.294 e. The van der Waals surface area contributed by atoms with Gasteiger partial charge in [0.25, 0.3) is 0 Å². The highest BCUT2D eigenvalue weighted by molar-refractivity contribution is 5.99. The van der Waals surface area contributed by atoms with Crippen LogP contribution in [0.15, 0.2) is 36.4 Å². The Hall–Kier alpha value is -1.96. The van der Waals surface area contributed by atoms with Gasteiger partial charge in [0.05, 0.1) is 0 Å². The van der Waals surface area contributed by atoms with Crippen LogP contribution in [0.2, 0.25) is 0 Å². The minimum Gasteiger partial charge on any atom is -0.294 e. The van der Waals surface area contributed by atoms with E-state index in [1.807, 2.05) is 12.1 Å². The molecule has 1 aliphatic rings. The maximum absolute atomic E-state index is 13.7. The predicted molar refractivity (Wildman–Crippen MR) is 77.5 cm³/mol. The van der Waals surface area contributed by atoms with Crippen LogP contribution in [0.3, 0.4) is 0 Å². The number of hydrogen-bond donors (Lipinski definition) is 0. The Labute approximate surface area is 118 Å². The number of carbonyl (C=O) groups is 1. The van der Waals surface area contributed by atoms with E-state index in [0.29, 0.717) is 16.7 Å². The lowest BCUT2D eigenvalue weighted by Crippen LogP contribution is -2.15. The molecular formula is C18H17FO. The number of halogens is 1. The van der Waals surface area contributed by atoms with Crippen LogP contribution in [-0.4, -0.2) is 5.78 Å².